The monoisotopic (exact) mass is 274 g/mol. The Morgan fingerprint density at radius 3 is 2.35 bits per heavy atom. The van der Waals surface area contributed by atoms with Crippen LogP contribution in [0.2, 0.25) is 0 Å². The summed E-state index contributed by atoms with van der Waals surface area (Å²) in [7, 11) is 0. The largest absolute Gasteiger partial charge is 0.382 e. The van der Waals surface area contributed by atoms with Gasteiger partial charge in [-0.1, -0.05) is 32.9 Å². The molecule has 1 fully saturated rings. The van der Waals surface area contributed by atoms with Crippen molar-refractivity contribution in [2.24, 2.45) is 0 Å². The lowest BCUT2D eigenvalue weighted by Crippen LogP contribution is -2.42. The molecule has 1 aliphatic heterocycles. The van der Waals surface area contributed by atoms with Crippen LogP contribution in [0.5, 0.6) is 0 Å². The number of hydrogen-bond donors (Lipinski definition) is 1. The van der Waals surface area contributed by atoms with Crippen molar-refractivity contribution in [2.75, 3.05) is 18.4 Å². The van der Waals surface area contributed by atoms with Gasteiger partial charge >= 0.3 is 0 Å². The van der Waals surface area contributed by atoms with Gasteiger partial charge in [-0.2, -0.15) is 0 Å². The van der Waals surface area contributed by atoms with Gasteiger partial charge in [0.1, 0.15) is 0 Å². The normalized spacial score (nSPS) is 18.5. The standard InChI is InChI=1S/C18H30N2/c1-14(2)20-11-9-16(10-12-20)19-17-8-6-7-15(13-17)18(3,4)5/h6-8,13-14,16,19H,9-12H2,1-5H3. The minimum Gasteiger partial charge on any atom is -0.382 e. The fourth-order valence-electron chi connectivity index (χ4n) is 2.87. The van der Waals surface area contributed by atoms with Crippen molar-refractivity contribution in [3.05, 3.63) is 29.8 Å². The number of piperidine rings is 1. The van der Waals surface area contributed by atoms with Crippen LogP contribution in [0, 0.1) is 0 Å². The van der Waals surface area contributed by atoms with Gasteiger partial charge in [-0.15, -0.1) is 0 Å². The van der Waals surface area contributed by atoms with Crippen LogP contribution in [0.15, 0.2) is 24.3 Å². The molecule has 1 aromatic rings. The number of anilines is 1. The molecule has 2 nitrogen and oxygen atoms in total. The molecule has 112 valence electrons. The maximum atomic E-state index is 3.73. The third-order valence-corrected chi connectivity index (χ3v) is 4.36. The molecule has 1 heterocycles. The molecule has 20 heavy (non-hydrogen) atoms. The Labute approximate surface area is 124 Å². The molecule has 0 aliphatic carbocycles. The molecule has 0 atom stereocenters. The molecule has 0 radical (unpaired) electrons. The highest BCUT2D eigenvalue weighted by Gasteiger charge is 2.21. The van der Waals surface area contributed by atoms with E-state index in [0.717, 1.165) is 0 Å². The molecule has 1 aliphatic rings. The van der Waals surface area contributed by atoms with Gasteiger partial charge in [0.15, 0.2) is 0 Å². The maximum absolute atomic E-state index is 3.73. The van der Waals surface area contributed by atoms with Crippen molar-refractivity contribution in [2.45, 2.75) is 65.0 Å². The average molecular weight is 274 g/mol. The van der Waals surface area contributed by atoms with Gasteiger partial charge < -0.3 is 10.2 Å². The summed E-state index contributed by atoms with van der Waals surface area (Å²) in [5.74, 6) is 0. The van der Waals surface area contributed by atoms with Gasteiger partial charge in [-0.3, -0.25) is 0 Å². The summed E-state index contributed by atoms with van der Waals surface area (Å²) in [6.07, 6.45) is 2.50. The van der Waals surface area contributed by atoms with Crippen LogP contribution in [-0.2, 0) is 5.41 Å². The van der Waals surface area contributed by atoms with Gasteiger partial charge in [0.25, 0.3) is 0 Å². The van der Waals surface area contributed by atoms with Crippen LogP contribution < -0.4 is 5.32 Å². The third kappa shape index (κ3) is 3.99. The molecule has 1 aromatic carbocycles. The number of rotatable bonds is 3. The molecule has 2 rings (SSSR count). The van der Waals surface area contributed by atoms with Crippen molar-refractivity contribution in [3.63, 3.8) is 0 Å². The Kier molecular flexibility index (Phi) is 4.74. The molecular formula is C18H30N2. The predicted molar refractivity (Wildman–Crippen MR) is 88.5 cm³/mol. The number of likely N-dealkylation sites (tertiary alicyclic amines) is 1. The number of nitrogens with one attached hydrogen (secondary N) is 1. The van der Waals surface area contributed by atoms with Crippen LogP contribution in [-0.4, -0.2) is 30.1 Å². The van der Waals surface area contributed by atoms with Gasteiger partial charge in [0.05, 0.1) is 0 Å². The molecule has 0 saturated carbocycles. The van der Waals surface area contributed by atoms with E-state index in [1.54, 1.807) is 0 Å². The molecule has 1 saturated heterocycles. The summed E-state index contributed by atoms with van der Waals surface area (Å²) in [5, 5.41) is 3.73. The Morgan fingerprint density at radius 2 is 1.80 bits per heavy atom. The number of hydrogen-bond acceptors (Lipinski definition) is 2. The van der Waals surface area contributed by atoms with E-state index in [0.29, 0.717) is 12.1 Å². The second-order valence-electron chi connectivity index (χ2n) is 7.38. The first-order chi connectivity index (χ1) is 9.36. The van der Waals surface area contributed by atoms with Crippen molar-refractivity contribution >= 4 is 5.69 Å². The minimum atomic E-state index is 0.221. The highest BCUT2D eigenvalue weighted by Crippen LogP contribution is 2.26. The topological polar surface area (TPSA) is 15.3 Å². The fourth-order valence-corrected chi connectivity index (χ4v) is 2.87. The molecular weight excluding hydrogens is 244 g/mol. The van der Waals surface area contributed by atoms with Crippen LogP contribution >= 0.6 is 0 Å². The predicted octanol–water partition coefficient (Wildman–Crippen LogP) is 4.27. The van der Waals surface area contributed by atoms with E-state index >= 15 is 0 Å². The second kappa shape index (κ2) is 6.17. The van der Waals surface area contributed by atoms with Gasteiger partial charge in [0.2, 0.25) is 0 Å². The van der Waals surface area contributed by atoms with Gasteiger partial charge in [-0.05, 0) is 49.8 Å². The van der Waals surface area contributed by atoms with Crippen LogP contribution in [0.4, 0.5) is 5.69 Å². The molecule has 0 amide bonds. The SMILES string of the molecule is CC(C)N1CCC(Nc2cccc(C(C)(C)C)c2)CC1. The van der Waals surface area contributed by atoms with E-state index in [4.69, 9.17) is 0 Å². The summed E-state index contributed by atoms with van der Waals surface area (Å²) < 4.78 is 0. The van der Waals surface area contributed by atoms with E-state index in [2.05, 4.69) is 69.1 Å². The Morgan fingerprint density at radius 1 is 1.15 bits per heavy atom. The van der Waals surface area contributed by atoms with E-state index in [-0.39, 0.29) is 5.41 Å². The van der Waals surface area contributed by atoms with Gasteiger partial charge in [0, 0.05) is 30.9 Å². The van der Waals surface area contributed by atoms with E-state index in [1.165, 1.54) is 37.2 Å². The van der Waals surface area contributed by atoms with Crippen molar-refractivity contribution in [1.82, 2.24) is 4.90 Å². The van der Waals surface area contributed by atoms with E-state index < -0.39 is 0 Å². The van der Waals surface area contributed by atoms with Crippen molar-refractivity contribution in [1.29, 1.82) is 0 Å². The van der Waals surface area contributed by atoms with Crippen molar-refractivity contribution < 1.29 is 0 Å². The zero-order valence-electron chi connectivity index (χ0n) is 13.7. The van der Waals surface area contributed by atoms with Gasteiger partial charge in [-0.25, -0.2) is 0 Å². The summed E-state index contributed by atoms with van der Waals surface area (Å²) in [6.45, 7) is 13.8. The van der Waals surface area contributed by atoms with E-state index in [9.17, 15) is 0 Å². The molecule has 0 aromatic heterocycles. The Bertz CT molecular complexity index is 423. The average Bonchev–Trinajstić information content (AvgIpc) is 2.38. The Balaban J connectivity index is 1.95. The Hall–Kier alpha value is -1.02. The molecule has 2 heteroatoms. The first-order valence-corrected chi connectivity index (χ1v) is 7.97. The van der Waals surface area contributed by atoms with Crippen LogP contribution in [0.1, 0.15) is 53.0 Å². The first kappa shape index (κ1) is 15.4. The first-order valence-electron chi connectivity index (χ1n) is 7.97. The zero-order valence-corrected chi connectivity index (χ0v) is 13.7. The summed E-state index contributed by atoms with van der Waals surface area (Å²) in [5.41, 5.74) is 2.90. The lowest BCUT2D eigenvalue weighted by atomic mass is 9.87. The quantitative estimate of drug-likeness (QED) is 0.885. The highest BCUT2D eigenvalue weighted by atomic mass is 15.2. The summed E-state index contributed by atoms with van der Waals surface area (Å²) >= 11 is 0. The lowest BCUT2D eigenvalue weighted by molar-refractivity contribution is 0.177. The van der Waals surface area contributed by atoms with E-state index in [1.807, 2.05) is 0 Å². The summed E-state index contributed by atoms with van der Waals surface area (Å²) in [6, 6.07) is 10.2. The third-order valence-electron chi connectivity index (χ3n) is 4.36. The number of nitrogens with zero attached hydrogens (tertiary/aromatic N) is 1. The fraction of sp³-hybridized carbons (Fsp3) is 0.667. The molecule has 1 N–H and O–H groups in total. The summed E-state index contributed by atoms with van der Waals surface area (Å²) in [4.78, 5) is 2.57. The van der Waals surface area contributed by atoms with Crippen LogP contribution in [0.25, 0.3) is 0 Å². The minimum absolute atomic E-state index is 0.221. The second-order valence-corrected chi connectivity index (χ2v) is 7.38. The maximum Gasteiger partial charge on any atom is 0.0345 e. The van der Waals surface area contributed by atoms with Crippen LogP contribution in [0.3, 0.4) is 0 Å². The van der Waals surface area contributed by atoms with Crippen molar-refractivity contribution in [3.8, 4) is 0 Å². The molecule has 0 bridgehead atoms. The highest BCUT2D eigenvalue weighted by molar-refractivity contribution is 5.48. The molecule has 0 spiro atoms. The smallest absolute Gasteiger partial charge is 0.0345 e. The lowest BCUT2D eigenvalue weighted by Gasteiger charge is -2.35. The molecule has 0 unspecified atom stereocenters. The number of benzene rings is 1. The zero-order chi connectivity index (χ0) is 14.8.